The van der Waals surface area contributed by atoms with E-state index >= 15 is 0 Å². The Balaban J connectivity index is 2.23. The van der Waals surface area contributed by atoms with Crippen LogP contribution < -0.4 is 4.90 Å². The minimum Gasteiger partial charge on any atom is -0.359 e. The van der Waals surface area contributed by atoms with E-state index in [4.69, 9.17) is 11.6 Å². The van der Waals surface area contributed by atoms with Crippen LogP contribution in [0.2, 0.25) is 5.02 Å². The second-order valence-electron chi connectivity index (χ2n) is 4.38. The lowest BCUT2D eigenvalue weighted by Gasteiger charge is -2.26. The third-order valence-corrected chi connectivity index (χ3v) is 3.81. The topological polar surface area (TPSA) is 3.24 Å². The van der Waals surface area contributed by atoms with Gasteiger partial charge in [-0.1, -0.05) is 33.6 Å². The molecule has 1 aromatic rings. The minimum absolute atomic E-state index is 0.00230. The maximum atomic E-state index is 12.5. The van der Waals surface area contributed by atoms with Crippen LogP contribution in [0, 0.1) is 0 Å². The van der Waals surface area contributed by atoms with E-state index in [1.807, 2.05) is 0 Å². The molecule has 0 radical (unpaired) electrons. The quantitative estimate of drug-likeness (QED) is 0.713. The van der Waals surface area contributed by atoms with Gasteiger partial charge in [0.2, 0.25) is 0 Å². The molecule has 0 saturated heterocycles. The highest BCUT2D eigenvalue weighted by Crippen LogP contribution is 2.36. The molecule has 0 amide bonds. The van der Waals surface area contributed by atoms with Gasteiger partial charge >= 0.3 is 6.18 Å². The fourth-order valence-corrected chi connectivity index (χ4v) is 2.73. The molecule has 0 heterocycles. The van der Waals surface area contributed by atoms with Crippen LogP contribution >= 0.6 is 27.5 Å². The molecule has 6 heteroatoms. The number of hydrogen-bond donors (Lipinski definition) is 0. The van der Waals surface area contributed by atoms with Crippen molar-refractivity contribution in [2.75, 3.05) is 11.4 Å². The van der Waals surface area contributed by atoms with Gasteiger partial charge in [-0.05, 0) is 30.5 Å². The maximum Gasteiger partial charge on any atom is 0.405 e. The van der Waals surface area contributed by atoms with Gasteiger partial charge in [-0.2, -0.15) is 13.2 Å². The zero-order valence-corrected chi connectivity index (χ0v) is 11.8. The average molecular weight is 343 g/mol. The van der Waals surface area contributed by atoms with Crippen molar-refractivity contribution in [3.05, 3.63) is 28.8 Å². The highest BCUT2D eigenvalue weighted by Gasteiger charge is 2.38. The second-order valence-corrected chi connectivity index (χ2v) is 5.35. The van der Waals surface area contributed by atoms with Gasteiger partial charge in [-0.25, -0.2) is 0 Å². The summed E-state index contributed by atoms with van der Waals surface area (Å²) in [5.41, 5.74) is 1.42. The van der Waals surface area contributed by atoms with E-state index in [0.717, 1.165) is 18.4 Å². The lowest BCUT2D eigenvalue weighted by Crippen LogP contribution is -2.35. The Kier molecular flexibility index (Phi) is 4.11. The first kappa shape index (κ1) is 14.0. The number of rotatable bonds is 4. The lowest BCUT2D eigenvalue weighted by atomic mass is 10.2. The molecular formula is C12H12BrClF3N. The number of hydrogen-bond acceptors (Lipinski definition) is 1. The van der Waals surface area contributed by atoms with Gasteiger partial charge in [0.1, 0.15) is 6.54 Å². The Hall–Kier alpha value is -0.420. The number of halogens is 5. The van der Waals surface area contributed by atoms with Crippen LogP contribution in [-0.2, 0) is 5.33 Å². The molecule has 0 bridgehead atoms. The minimum atomic E-state index is -4.19. The lowest BCUT2D eigenvalue weighted by molar-refractivity contribution is -0.120. The van der Waals surface area contributed by atoms with Crippen molar-refractivity contribution in [2.45, 2.75) is 30.4 Å². The molecule has 1 aromatic carbocycles. The smallest absolute Gasteiger partial charge is 0.359 e. The van der Waals surface area contributed by atoms with Gasteiger partial charge in [0.05, 0.1) is 0 Å². The molecular weight excluding hydrogens is 330 g/mol. The molecule has 0 spiro atoms. The first-order chi connectivity index (χ1) is 8.40. The fraction of sp³-hybridized carbons (Fsp3) is 0.500. The molecule has 0 aromatic heterocycles. The molecule has 0 atom stereocenters. The zero-order valence-electron chi connectivity index (χ0n) is 9.47. The van der Waals surface area contributed by atoms with Crippen molar-refractivity contribution in [2.24, 2.45) is 0 Å². The summed E-state index contributed by atoms with van der Waals surface area (Å²) >= 11 is 9.31. The third kappa shape index (κ3) is 3.54. The SMILES string of the molecule is FC(F)(F)CN(c1ccc(CBr)c(Cl)c1)C1CC1. The average Bonchev–Trinajstić information content (AvgIpc) is 3.08. The van der Waals surface area contributed by atoms with Crippen LogP contribution in [-0.4, -0.2) is 18.8 Å². The van der Waals surface area contributed by atoms with Crippen molar-refractivity contribution < 1.29 is 13.2 Å². The van der Waals surface area contributed by atoms with Crippen molar-refractivity contribution in [1.82, 2.24) is 0 Å². The monoisotopic (exact) mass is 341 g/mol. The fourth-order valence-electron chi connectivity index (χ4n) is 1.83. The maximum absolute atomic E-state index is 12.5. The van der Waals surface area contributed by atoms with E-state index in [-0.39, 0.29) is 6.04 Å². The van der Waals surface area contributed by atoms with Crippen molar-refractivity contribution in [3.8, 4) is 0 Å². The zero-order chi connectivity index (χ0) is 13.3. The second kappa shape index (κ2) is 5.29. The number of nitrogens with zero attached hydrogens (tertiary/aromatic N) is 1. The van der Waals surface area contributed by atoms with Crippen molar-refractivity contribution in [3.63, 3.8) is 0 Å². The van der Waals surface area contributed by atoms with E-state index in [2.05, 4.69) is 15.9 Å². The van der Waals surface area contributed by atoms with E-state index in [1.54, 1.807) is 18.2 Å². The molecule has 0 aliphatic heterocycles. The van der Waals surface area contributed by atoms with Crippen LogP contribution in [0.5, 0.6) is 0 Å². The molecule has 1 aliphatic carbocycles. The summed E-state index contributed by atoms with van der Waals surface area (Å²) in [5.74, 6) is 0. The van der Waals surface area contributed by atoms with Crippen LogP contribution in [0.15, 0.2) is 18.2 Å². The Labute approximate surface area is 117 Å². The number of benzene rings is 1. The van der Waals surface area contributed by atoms with E-state index in [9.17, 15) is 13.2 Å². The van der Waals surface area contributed by atoms with Crippen molar-refractivity contribution >= 4 is 33.2 Å². The normalized spacial score (nSPS) is 15.8. The Morgan fingerprint density at radius 2 is 2.00 bits per heavy atom. The van der Waals surface area contributed by atoms with Crippen LogP contribution in [0.4, 0.5) is 18.9 Å². The van der Waals surface area contributed by atoms with Gasteiger partial charge < -0.3 is 4.90 Å². The molecule has 1 aliphatic rings. The number of anilines is 1. The predicted molar refractivity (Wildman–Crippen MR) is 70.5 cm³/mol. The molecule has 1 fully saturated rings. The summed E-state index contributed by atoms with van der Waals surface area (Å²) in [5, 5.41) is 1.09. The Morgan fingerprint density at radius 3 is 2.44 bits per heavy atom. The number of alkyl halides is 4. The van der Waals surface area contributed by atoms with E-state index in [0.29, 0.717) is 16.0 Å². The molecule has 0 N–H and O–H groups in total. The highest BCUT2D eigenvalue weighted by molar-refractivity contribution is 9.08. The molecule has 100 valence electrons. The largest absolute Gasteiger partial charge is 0.405 e. The Morgan fingerprint density at radius 1 is 1.33 bits per heavy atom. The molecule has 1 nitrogen and oxygen atoms in total. The first-order valence-corrected chi connectivity index (χ1v) is 7.08. The standard InChI is InChI=1S/C12H12BrClF3N/c13-6-8-1-2-10(5-11(8)14)18(9-3-4-9)7-12(15,16)17/h1-2,5,9H,3-4,6-7H2. The summed E-state index contributed by atoms with van der Waals surface area (Å²) in [6.07, 6.45) is -2.56. The van der Waals surface area contributed by atoms with Crippen LogP contribution in [0.3, 0.4) is 0 Å². The molecule has 2 rings (SSSR count). The first-order valence-electron chi connectivity index (χ1n) is 5.58. The predicted octanol–water partition coefficient (Wildman–Crippen LogP) is 4.77. The third-order valence-electron chi connectivity index (χ3n) is 2.85. The summed E-state index contributed by atoms with van der Waals surface area (Å²) in [4.78, 5) is 1.39. The van der Waals surface area contributed by atoms with E-state index < -0.39 is 12.7 Å². The van der Waals surface area contributed by atoms with Gasteiger partial charge in [0.25, 0.3) is 0 Å². The summed E-state index contributed by atoms with van der Waals surface area (Å²) in [6.45, 7) is -0.915. The highest BCUT2D eigenvalue weighted by atomic mass is 79.9. The molecule has 1 saturated carbocycles. The van der Waals surface area contributed by atoms with Crippen molar-refractivity contribution in [1.29, 1.82) is 0 Å². The molecule has 0 unspecified atom stereocenters. The van der Waals surface area contributed by atoms with Crippen LogP contribution in [0.1, 0.15) is 18.4 Å². The summed E-state index contributed by atoms with van der Waals surface area (Å²) in [6, 6.07) is 5.07. The van der Waals surface area contributed by atoms with Gasteiger partial charge in [-0.3, -0.25) is 0 Å². The van der Waals surface area contributed by atoms with E-state index in [1.165, 1.54) is 4.90 Å². The summed E-state index contributed by atoms with van der Waals surface area (Å²) in [7, 11) is 0. The van der Waals surface area contributed by atoms with Crippen LogP contribution in [0.25, 0.3) is 0 Å². The van der Waals surface area contributed by atoms with Gasteiger partial charge in [0.15, 0.2) is 0 Å². The Bertz CT molecular complexity index is 432. The van der Waals surface area contributed by atoms with Gasteiger partial charge in [-0.15, -0.1) is 0 Å². The summed E-state index contributed by atoms with van der Waals surface area (Å²) < 4.78 is 37.6. The van der Waals surface area contributed by atoms with Gasteiger partial charge in [0, 0.05) is 22.1 Å². The molecule has 18 heavy (non-hydrogen) atoms.